The first kappa shape index (κ1) is 19.1. The molecule has 146 valence electrons. The van der Waals surface area contributed by atoms with E-state index >= 15 is 0 Å². The van der Waals surface area contributed by atoms with Gasteiger partial charge in [-0.15, -0.1) is 0 Å². The lowest BCUT2D eigenvalue weighted by molar-refractivity contribution is -0.116. The molecule has 0 aliphatic heterocycles. The van der Waals surface area contributed by atoms with Gasteiger partial charge in [-0.25, -0.2) is 14.1 Å². The van der Waals surface area contributed by atoms with Crippen LogP contribution < -0.4 is 5.32 Å². The molecule has 0 spiro atoms. The molecular formula is C22H18ClFN4O. The average molecular weight is 409 g/mol. The van der Waals surface area contributed by atoms with Crippen LogP contribution in [0.5, 0.6) is 0 Å². The molecule has 0 bridgehead atoms. The van der Waals surface area contributed by atoms with Crippen LogP contribution in [-0.4, -0.2) is 20.7 Å². The minimum absolute atomic E-state index is 0.0101. The highest BCUT2D eigenvalue weighted by Crippen LogP contribution is 2.30. The van der Waals surface area contributed by atoms with E-state index in [1.54, 1.807) is 35.1 Å². The summed E-state index contributed by atoms with van der Waals surface area (Å²) < 4.78 is 14.9. The van der Waals surface area contributed by atoms with E-state index in [0.717, 1.165) is 27.8 Å². The van der Waals surface area contributed by atoms with Gasteiger partial charge < -0.3 is 5.32 Å². The number of hydrogen-bond donors (Lipinski definition) is 1. The summed E-state index contributed by atoms with van der Waals surface area (Å²) in [7, 11) is 0. The lowest BCUT2D eigenvalue weighted by Crippen LogP contribution is -2.20. The zero-order valence-corrected chi connectivity index (χ0v) is 16.7. The first-order chi connectivity index (χ1) is 13.9. The van der Waals surface area contributed by atoms with Gasteiger partial charge in [0, 0.05) is 22.3 Å². The fourth-order valence-electron chi connectivity index (χ4n) is 3.32. The van der Waals surface area contributed by atoms with Crippen molar-refractivity contribution >= 4 is 34.2 Å². The van der Waals surface area contributed by atoms with Crippen LogP contribution >= 0.6 is 11.6 Å². The van der Waals surface area contributed by atoms with Crippen molar-refractivity contribution in [1.82, 2.24) is 14.8 Å². The average Bonchev–Trinajstić information content (AvgIpc) is 3.01. The molecule has 0 aliphatic carbocycles. The van der Waals surface area contributed by atoms with Crippen LogP contribution in [0.3, 0.4) is 0 Å². The van der Waals surface area contributed by atoms with Crippen molar-refractivity contribution in [2.45, 2.75) is 20.4 Å². The molecule has 7 heteroatoms. The van der Waals surface area contributed by atoms with Crippen molar-refractivity contribution in [3.8, 4) is 11.1 Å². The Bertz CT molecular complexity index is 1220. The maximum Gasteiger partial charge on any atom is 0.246 e. The number of nitrogens with zero attached hydrogens (tertiary/aromatic N) is 3. The van der Waals surface area contributed by atoms with Crippen LogP contribution in [0.4, 0.5) is 10.1 Å². The highest BCUT2D eigenvalue weighted by atomic mass is 35.5. The number of hydrogen-bond acceptors (Lipinski definition) is 3. The summed E-state index contributed by atoms with van der Waals surface area (Å²) in [6.07, 6.45) is 1.66. The molecule has 2 aromatic carbocycles. The van der Waals surface area contributed by atoms with Crippen LogP contribution in [0.25, 0.3) is 22.2 Å². The van der Waals surface area contributed by atoms with Gasteiger partial charge in [0.2, 0.25) is 5.91 Å². The number of pyridine rings is 1. The molecule has 4 aromatic rings. The van der Waals surface area contributed by atoms with Crippen LogP contribution in [0, 0.1) is 19.7 Å². The molecule has 5 nitrogen and oxygen atoms in total. The molecule has 0 fully saturated rings. The Labute approximate surface area is 172 Å². The van der Waals surface area contributed by atoms with Crippen molar-refractivity contribution < 1.29 is 9.18 Å². The van der Waals surface area contributed by atoms with Crippen molar-refractivity contribution in [2.75, 3.05) is 5.32 Å². The summed E-state index contributed by atoms with van der Waals surface area (Å²) in [5.74, 6) is -0.520. The monoisotopic (exact) mass is 408 g/mol. The van der Waals surface area contributed by atoms with Gasteiger partial charge in [-0.05, 0) is 60.9 Å². The normalized spacial score (nSPS) is 11.0. The Kier molecular flexibility index (Phi) is 5.03. The lowest BCUT2D eigenvalue weighted by atomic mass is 10.0. The topological polar surface area (TPSA) is 59.8 Å². The van der Waals surface area contributed by atoms with Gasteiger partial charge >= 0.3 is 0 Å². The molecule has 2 aromatic heterocycles. The van der Waals surface area contributed by atoms with Gasteiger partial charge in [-0.3, -0.25) is 4.79 Å². The third-order valence-corrected chi connectivity index (χ3v) is 4.97. The van der Waals surface area contributed by atoms with E-state index in [1.165, 1.54) is 12.1 Å². The van der Waals surface area contributed by atoms with Gasteiger partial charge in [-0.1, -0.05) is 29.8 Å². The number of halogens is 2. The van der Waals surface area contributed by atoms with E-state index in [-0.39, 0.29) is 18.3 Å². The number of carbonyl (C=O) groups excluding carboxylic acids is 1. The van der Waals surface area contributed by atoms with E-state index in [4.69, 9.17) is 11.6 Å². The molecular weight excluding hydrogens is 391 g/mol. The second kappa shape index (κ2) is 7.64. The molecule has 0 unspecified atom stereocenters. The Morgan fingerprint density at radius 3 is 2.66 bits per heavy atom. The molecule has 1 N–H and O–H groups in total. The first-order valence-electron chi connectivity index (χ1n) is 9.06. The standard InChI is InChI=1S/C22H18ClFN4O/c1-13-3-6-16(23)11-19(13)26-20(29)12-28-22-21(14(2)27-28)18(9-10-25-22)15-4-7-17(24)8-5-15/h3-11H,12H2,1-2H3,(H,26,29). The molecule has 0 radical (unpaired) electrons. The zero-order chi connectivity index (χ0) is 20.5. The summed E-state index contributed by atoms with van der Waals surface area (Å²) in [6, 6.07) is 13.5. The minimum Gasteiger partial charge on any atom is -0.324 e. The zero-order valence-electron chi connectivity index (χ0n) is 15.9. The second-order valence-electron chi connectivity index (χ2n) is 6.81. The smallest absolute Gasteiger partial charge is 0.246 e. The van der Waals surface area contributed by atoms with Gasteiger partial charge in [0.1, 0.15) is 12.4 Å². The summed E-state index contributed by atoms with van der Waals surface area (Å²) in [5, 5.41) is 8.77. The van der Waals surface area contributed by atoms with E-state index in [1.807, 2.05) is 26.0 Å². The highest BCUT2D eigenvalue weighted by Gasteiger charge is 2.16. The molecule has 0 saturated heterocycles. The van der Waals surface area contributed by atoms with Crippen LogP contribution in [0.15, 0.2) is 54.7 Å². The van der Waals surface area contributed by atoms with E-state index in [0.29, 0.717) is 16.4 Å². The van der Waals surface area contributed by atoms with Crippen molar-refractivity contribution in [2.24, 2.45) is 0 Å². The number of benzene rings is 2. The van der Waals surface area contributed by atoms with Gasteiger partial charge in [0.15, 0.2) is 5.65 Å². The number of anilines is 1. The molecule has 4 rings (SSSR count). The second-order valence-corrected chi connectivity index (χ2v) is 7.25. The van der Waals surface area contributed by atoms with Gasteiger partial charge in [0.05, 0.1) is 5.69 Å². The van der Waals surface area contributed by atoms with Crippen LogP contribution in [0.1, 0.15) is 11.3 Å². The summed E-state index contributed by atoms with van der Waals surface area (Å²) >= 11 is 6.02. The van der Waals surface area contributed by atoms with Crippen molar-refractivity contribution in [3.63, 3.8) is 0 Å². The number of aromatic nitrogens is 3. The lowest BCUT2D eigenvalue weighted by Gasteiger charge is -2.09. The van der Waals surface area contributed by atoms with Gasteiger partial charge in [0.25, 0.3) is 0 Å². The SMILES string of the molecule is Cc1ccc(Cl)cc1NC(=O)Cn1nc(C)c2c(-c3ccc(F)cc3)ccnc21. The number of aryl methyl sites for hydroxylation is 2. The van der Waals surface area contributed by atoms with Crippen LogP contribution in [0.2, 0.25) is 5.02 Å². The minimum atomic E-state index is -0.292. The quantitative estimate of drug-likeness (QED) is 0.508. The van der Waals surface area contributed by atoms with Crippen molar-refractivity contribution in [3.05, 3.63) is 76.8 Å². The molecule has 29 heavy (non-hydrogen) atoms. The predicted octanol–water partition coefficient (Wildman–Crippen LogP) is 5.15. The van der Waals surface area contributed by atoms with E-state index in [9.17, 15) is 9.18 Å². The number of amides is 1. The number of nitrogens with one attached hydrogen (secondary N) is 1. The van der Waals surface area contributed by atoms with Gasteiger partial charge in [-0.2, -0.15) is 5.10 Å². The highest BCUT2D eigenvalue weighted by molar-refractivity contribution is 6.31. The third-order valence-electron chi connectivity index (χ3n) is 4.73. The third kappa shape index (κ3) is 3.84. The fourth-order valence-corrected chi connectivity index (χ4v) is 3.49. The largest absolute Gasteiger partial charge is 0.324 e. The predicted molar refractivity (Wildman–Crippen MR) is 112 cm³/mol. The summed E-state index contributed by atoms with van der Waals surface area (Å²) in [4.78, 5) is 17.0. The van der Waals surface area contributed by atoms with E-state index in [2.05, 4.69) is 15.4 Å². The fraction of sp³-hybridized carbons (Fsp3) is 0.136. The van der Waals surface area contributed by atoms with Crippen molar-refractivity contribution in [1.29, 1.82) is 0 Å². The summed E-state index contributed by atoms with van der Waals surface area (Å²) in [6.45, 7) is 3.78. The Morgan fingerprint density at radius 1 is 1.14 bits per heavy atom. The Balaban J connectivity index is 1.67. The maximum absolute atomic E-state index is 13.3. The Hall–Kier alpha value is -3.25. The number of fused-ring (bicyclic) bond motifs is 1. The molecule has 2 heterocycles. The van der Waals surface area contributed by atoms with E-state index < -0.39 is 0 Å². The molecule has 0 saturated carbocycles. The Morgan fingerprint density at radius 2 is 1.90 bits per heavy atom. The first-order valence-corrected chi connectivity index (χ1v) is 9.44. The molecule has 0 aliphatic rings. The maximum atomic E-state index is 13.3. The number of carbonyl (C=O) groups is 1. The van der Waals surface area contributed by atoms with Crippen LogP contribution in [-0.2, 0) is 11.3 Å². The summed E-state index contributed by atoms with van der Waals surface area (Å²) in [5.41, 5.74) is 4.68. The molecule has 0 atom stereocenters. The number of rotatable bonds is 4. The molecule has 1 amide bonds.